The Morgan fingerprint density at radius 1 is 1.09 bits per heavy atom. The van der Waals surface area contributed by atoms with Crippen molar-refractivity contribution >= 4 is 17.4 Å². The van der Waals surface area contributed by atoms with E-state index in [2.05, 4.69) is 20.3 Å². The molecule has 0 aliphatic heterocycles. The van der Waals surface area contributed by atoms with Crippen LogP contribution in [0.3, 0.4) is 0 Å². The third-order valence-corrected chi connectivity index (χ3v) is 3.27. The number of pyridine rings is 1. The van der Waals surface area contributed by atoms with Gasteiger partial charge in [0, 0.05) is 12.7 Å². The summed E-state index contributed by atoms with van der Waals surface area (Å²) in [4.78, 5) is 12.4. The molecule has 0 aliphatic carbocycles. The predicted octanol–water partition coefficient (Wildman–Crippen LogP) is 3.72. The minimum Gasteiger partial charge on any atom is -0.487 e. The highest BCUT2D eigenvalue weighted by atomic mass is 35.5. The number of halogens is 1. The molecule has 0 amide bonds. The van der Waals surface area contributed by atoms with Crippen molar-refractivity contribution in [2.75, 3.05) is 5.32 Å². The van der Waals surface area contributed by atoms with Gasteiger partial charge in [0.05, 0.1) is 18.1 Å². The highest BCUT2D eigenvalue weighted by Gasteiger charge is 2.01. The third-order valence-electron chi connectivity index (χ3n) is 3.09. The van der Waals surface area contributed by atoms with Crippen molar-refractivity contribution < 1.29 is 4.74 Å². The molecule has 1 N–H and O–H groups in total. The predicted molar refractivity (Wildman–Crippen MR) is 89.4 cm³/mol. The second kappa shape index (κ2) is 7.56. The van der Waals surface area contributed by atoms with E-state index in [0.29, 0.717) is 24.1 Å². The van der Waals surface area contributed by atoms with Gasteiger partial charge in [0.25, 0.3) is 0 Å². The van der Waals surface area contributed by atoms with Gasteiger partial charge in [-0.2, -0.15) is 0 Å². The molecule has 2 aromatic heterocycles. The van der Waals surface area contributed by atoms with Crippen LogP contribution >= 0.6 is 11.6 Å². The first-order valence-corrected chi connectivity index (χ1v) is 7.50. The van der Waals surface area contributed by atoms with Crippen LogP contribution in [-0.2, 0) is 13.2 Å². The Hall–Kier alpha value is -2.66. The van der Waals surface area contributed by atoms with E-state index in [4.69, 9.17) is 16.3 Å². The average molecular weight is 327 g/mol. The Bertz CT molecular complexity index is 767. The largest absolute Gasteiger partial charge is 0.487 e. The van der Waals surface area contributed by atoms with Crippen molar-refractivity contribution in [1.82, 2.24) is 15.0 Å². The van der Waals surface area contributed by atoms with Crippen LogP contribution in [0.5, 0.6) is 5.75 Å². The summed E-state index contributed by atoms with van der Waals surface area (Å²) in [6, 6.07) is 13.6. The number of anilines is 1. The van der Waals surface area contributed by atoms with E-state index in [9.17, 15) is 0 Å². The SMILES string of the molecule is Clc1cncc(NCc2cccc(OCc3ccccn3)c2)n1. The van der Waals surface area contributed by atoms with Crippen LogP contribution < -0.4 is 10.1 Å². The first kappa shape index (κ1) is 15.2. The summed E-state index contributed by atoms with van der Waals surface area (Å²) >= 11 is 5.81. The fourth-order valence-electron chi connectivity index (χ4n) is 2.01. The smallest absolute Gasteiger partial charge is 0.149 e. The molecule has 2 heterocycles. The standard InChI is InChI=1S/C17H15ClN4O/c18-16-10-19-11-17(22-16)21-9-13-4-3-6-15(8-13)23-12-14-5-1-2-7-20-14/h1-8,10-11H,9,12H2,(H,21,22). The summed E-state index contributed by atoms with van der Waals surface area (Å²) in [5, 5.41) is 3.54. The Morgan fingerprint density at radius 2 is 2.04 bits per heavy atom. The normalized spacial score (nSPS) is 10.3. The van der Waals surface area contributed by atoms with Crippen molar-refractivity contribution in [3.8, 4) is 5.75 Å². The first-order chi connectivity index (χ1) is 11.3. The number of benzene rings is 1. The number of rotatable bonds is 6. The zero-order valence-corrected chi connectivity index (χ0v) is 13.1. The molecule has 0 aliphatic rings. The van der Waals surface area contributed by atoms with E-state index in [1.807, 2.05) is 42.5 Å². The molecule has 0 unspecified atom stereocenters. The van der Waals surface area contributed by atoms with Crippen molar-refractivity contribution in [3.63, 3.8) is 0 Å². The molecule has 6 heteroatoms. The Balaban J connectivity index is 1.59. The fourth-order valence-corrected chi connectivity index (χ4v) is 2.15. The average Bonchev–Trinajstić information content (AvgIpc) is 2.60. The molecule has 116 valence electrons. The van der Waals surface area contributed by atoms with Gasteiger partial charge in [-0.15, -0.1) is 0 Å². The van der Waals surface area contributed by atoms with E-state index in [-0.39, 0.29) is 0 Å². The molecule has 0 saturated heterocycles. The zero-order valence-electron chi connectivity index (χ0n) is 12.3. The molecule has 0 radical (unpaired) electrons. The molecule has 3 aromatic rings. The molecule has 0 fully saturated rings. The summed E-state index contributed by atoms with van der Waals surface area (Å²) in [5.74, 6) is 1.43. The monoisotopic (exact) mass is 326 g/mol. The summed E-state index contributed by atoms with van der Waals surface area (Å²) in [6.07, 6.45) is 4.89. The maximum absolute atomic E-state index is 5.81. The lowest BCUT2D eigenvalue weighted by Gasteiger charge is -2.09. The van der Waals surface area contributed by atoms with E-state index in [1.54, 1.807) is 12.4 Å². The quantitative estimate of drug-likeness (QED) is 0.748. The van der Waals surface area contributed by atoms with Gasteiger partial charge in [-0.1, -0.05) is 29.8 Å². The van der Waals surface area contributed by atoms with Crippen LogP contribution in [0.1, 0.15) is 11.3 Å². The van der Waals surface area contributed by atoms with Gasteiger partial charge >= 0.3 is 0 Å². The minimum atomic E-state index is 0.363. The van der Waals surface area contributed by atoms with Crippen LogP contribution in [0.15, 0.2) is 61.1 Å². The number of aromatic nitrogens is 3. The number of hydrogen-bond donors (Lipinski definition) is 1. The molecule has 5 nitrogen and oxygen atoms in total. The van der Waals surface area contributed by atoms with Crippen molar-refractivity contribution in [2.45, 2.75) is 13.2 Å². The van der Waals surface area contributed by atoms with Crippen LogP contribution in [0.25, 0.3) is 0 Å². The maximum Gasteiger partial charge on any atom is 0.149 e. The van der Waals surface area contributed by atoms with Gasteiger partial charge in [-0.05, 0) is 29.8 Å². The van der Waals surface area contributed by atoms with E-state index in [1.165, 1.54) is 6.20 Å². The number of nitrogens with one attached hydrogen (secondary N) is 1. The Kier molecular flexibility index (Phi) is 5.01. The zero-order chi connectivity index (χ0) is 15.9. The maximum atomic E-state index is 5.81. The van der Waals surface area contributed by atoms with Crippen LogP contribution in [0, 0.1) is 0 Å². The summed E-state index contributed by atoms with van der Waals surface area (Å²) in [6.45, 7) is 1.05. The molecule has 1 aromatic carbocycles. The van der Waals surface area contributed by atoms with Gasteiger partial charge in [-0.3, -0.25) is 9.97 Å². The van der Waals surface area contributed by atoms with Crippen molar-refractivity contribution in [2.24, 2.45) is 0 Å². The molecule has 0 atom stereocenters. The van der Waals surface area contributed by atoms with Crippen LogP contribution in [0.2, 0.25) is 5.15 Å². The third kappa shape index (κ3) is 4.66. The van der Waals surface area contributed by atoms with Gasteiger partial charge in [0.15, 0.2) is 0 Å². The Morgan fingerprint density at radius 3 is 2.87 bits per heavy atom. The van der Waals surface area contributed by atoms with E-state index >= 15 is 0 Å². The number of hydrogen-bond acceptors (Lipinski definition) is 5. The molecule has 0 saturated carbocycles. The van der Waals surface area contributed by atoms with Crippen molar-refractivity contribution in [1.29, 1.82) is 0 Å². The van der Waals surface area contributed by atoms with Crippen LogP contribution in [-0.4, -0.2) is 15.0 Å². The van der Waals surface area contributed by atoms with Crippen molar-refractivity contribution in [3.05, 3.63) is 77.5 Å². The fraction of sp³-hybridized carbons (Fsp3) is 0.118. The van der Waals surface area contributed by atoms with Gasteiger partial charge in [0.1, 0.15) is 23.3 Å². The highest BCUT2D eigenvalue weighted by molar-refractivity contribution is 6.29. The molecule has 0 spiro atoms. The van der Waals surface area contributed by atoms with Gasteiger partial charge in [0.2, 0.25) is 0 Å². The lowest BCUT2D eigenvalue weighted by atomic mass is 10.2. The van der Waals surface area contributed by atoms with Gasteiger partial charge < -0.3 is 10.1 Å². The molecular formula is C17H15ClN4O. The van der Waals surface area contributed by atoms with Crippen LogP contribution in [0.4, 0.5) is 5.82 Å². The second-order valence-corrected chi connectivity index (χ2v) is 5.22. The highest BCUT2D eigenvalue weighted by Crippen LogP contribution is 2.16. The summed E-state index contributed by atoms with van der Waals surface area (Å²) in [5.41, 5.74) is 1.97. The number of ether oxygens (including phenoxy) is 1. The summed E-state index contributed by atoms with van der Waals surface area (Å²) in [7, 11) is 0. The minimum absolute atomic E-state index is 0.363. The lowest BCUT2D eigenvalue weighted by Crippen LogP contribution is -2.03. The molecule has 23 heavy (non-hydrogen) atoms. The lowest BCUT2D eigenvalue weighted by molar-refractivity contribution is 0.301. The van der Waals surface area contributed by atoms with Gasteiger partial charge in [-0.25, -0.2) is 4.98 Å². The number of nitrogens with zero attached hydrogens (tertiary/aromatic N) is 3. The van der Waals surface area contributed by atoms with E-state index < -0.39 is 0 Å². The molecule has 0 bridgehead atoms. The Labute approximate surface area is 139 Å². The second-order valence-electron chi connectivity index (χ2n) is 4.84. The van der Waals surface area contributed by atoms with E-state index in [0.717, 1.165) is 17.0 Å². The summed E-state index contributed by atoms with van der Waals surface area (Å²) < 4.78 is 5.76. The molecule has 3 rings (SSSR count). The molecular weight excluding hydrogens is 312 g/mol. The first-order valence-electron chi connectivity index (χ1n) is 7.13. The topological polar surface area (TPSA) is 59.9 Å².